The standard InChI is InChI=1S/C31H33N3O6/c1-31(2,3)40-30(38)34-16-14-33(15-17-34)20-12-13-25(28(35)36)27(18-20)32-29(37)39-19-26-23-10-6-4-8-21(23)22-9-5-7-11-24(22)26/h4-13,18,26H,14-17,19H2,1-3H3,(H,32,37)(H,35,36). The summed E-state index contributed by atoms with van der Waals surface area (Å²) in [6, 6.07) is 20.9. The molecule has 0 radical (unpaired) electrons. The number of piperazine rings is 1. The number of carbonyl (C=O) groups is 3. The Bertz CT molecular complexity index is 1390. The van der Waals surface area contributed by atoms with Crippen LogP contribution in [0.5, 0.6) is 0 Å². The van der Waals surface area contributed by atoms with Crippen LogP contribution in [-0.2, 0) is 9.47 Å². The first-order chi connectivity index (χ1) is 19.1. The van der Waals surface area contributed by atoms with Gasteiger partial charge in [-0.05, 0) is 61.2 Å². The van der Waals surface area contributed by atoms with E-state index in [0.29, 0.717) is 26.2 Å². The molecule has 2 aliphatic rings. The van der Waals surface area contributed by atoms with Gasteiger partial charge in [-0.3, -0.25) is 5.32 Å². The highest BCUT2D eigenvalue weighted by molar-refractivity contribution is 5.99. The number of rotatable bonds is 5. The monoisotopic (exact) mass is 543 g/mol. The molecule has 5 rings (SSSR count). The minimum absolute atomic E-state index is 0.0374. The molecule has 2 amide bonds. The van der Waals surface area contributed by atoms with E-state index in [1.54, 1.807) is 17.0 Å². The normalized spacial score (nSPS) is 14.8. The molecule has 1 heterocycles. The maximum absolute atomic E-state index is 12.9. The lowest BCUT2D eigenvalue weighted by Crippen LogP contribution is -2.50. The van der Waals surface area contributed by atoms with Gasteiger partial charge in [0.1, 0.15) is 12.2 Å². The highest BCUT2D eigenvalue weighted by Crippen LogP contribution is 2.44. The molecule has 0 spiro atoms. The third kappa shape index (κ3) is 5.73. The van der Waals surface area contributed by atoms with Gasteiger partial charge < -0.3 is 24.4 Å². The van der Waals surface area contributed by atoms with Gasteiger partial charge in [-0.1, -0.05) is 48.5 Å². The number of hydrogen-bond acceptors (Lipinski definition) is 6. The van der Waals surface area contributed by atoms with Gasteiger partial charge in [-0.25, -0.2) is 14.4 Å². The molecule has 2 N–H and O–H groups in total. The molecule has 1 aliphatic heterocycles. The number of aromatic carboxylic acids is 1. The molecule has 208 valence electrons. The van der Waals surface area contributed by atoms with E-state index in [0.717, 1.165) is 27.9 Å². The average molecular weight is 544 g/mol. The Labute approximate surface area is 233 Å². The van der Waals surface area contributed by atoms with E-state index < -0.39 is 17.7 Å². The van der Waals surface area contributed by atoms with Crippen LogP contribution in [-0.4, -0.2) is 66.5 Å². The first-order valence-electron chi connectivity index (χ1n) is 13.3. The Balaban J connectivity index is 1.25. The third-order valence-electron chi connectivity index (χ3n) is 7.11. The van der Waals surface area contributed by atoms with E-state index in [2.05, 4.69) is 17.4 Å². The maximum atomic E-state index is 12.9. The van der Waals surface area contributed by atoms with Crippen LogP contribution in [0.4, 0.5) is 21.0 Å². The largest absolute Gasteiger partial charge is 0.478 e. The van der Waals surface area contributed by atoms with E-state index >= 15 is 0 Å². The first kappa shape index (κ1) is 27.1. The summed E-state index contributed by atoms with van der Waals surface area (Å²) in [6.45, 7) is 7.61. The lowest BCUT2D eigenvalue weighted by atomic mass is 9.98. The van der Waals surface area contributed by atoms with Crippen LogP contribution in [0.1, 0.15) is 48.2 Å². The number of benzene rings is 3. The smallest absolute Gasteiger partial charge is 0.411 e. The predicted molar refractivity (Wildman–Crippen MR) is 152 cm³/mol. The van der Waals surface area contributed by atoms with E-state index in [4.69, 9.17) is 9.47 Å². The third-order valence-corrected chi connectivity index (χ3v) is 7.11. The number of carboxylic acids is 1. The summed E-state index contributed by atoms with van der Waals surface area (Å²) < 4.78 is 11.1. The van der Waals surface area contributed by atoms with Crippen LogP contribution in [0.15, 0.2) is 66.7 Å². The SMILES string of the molecule is CC(C)(C)OC(=O)N1CCN(c2ccc(C(=O)O)c(NC(=O)OCC3c4ccccc4-c4ccccc43)c2)CC1. The minimum atomic E-state index is -1.16. The second-order valence-corrected chi connectivity index (χ2v) is 10.9. The summed E-state index contributed by atoms with van der Waals surface area (Å²) in [4.78, 5) is 40.9. The zero-order valence-corrected chi connectivity index (χ0v) is 22.8. The number of fused-ring (bicyclic) bond motifs is 3. The Kier molecular flexibility index (Phi) is 7.38. The molecule has 0 aromatic heterocycles. The molecule has 0 saturated carbocycles. The Hall–Kier alpha value is -4.53. The lowest BCUT2D eigenvalue weighted by Gasteiger charge is -2.37. The van der Waals surface area contributed by atoms with Crippen molar-refractivity contribution in [3.05, 3.63) is 83.4 Å². The Morgan fingerprint density at radius 1 is 0.900 bits per heavy atom. The molecular formula is C31H33N3O6. The predicted octanol–water partition coefficient (Wildman–Crippen LogP) is 5.80. The number of amides is 2. The zero-order valence-electron chi connectivity index (χ0n) is 22.8. The van der Waals surface area contributed by atoms with Gasteiger partial charge in [0.05, 0.1) is 11.3 Å². The number of nitrogens with zero attached hydrogens (tertiary/aromatic N) is 2. The van der Waals surface area contributed by atoms with Crippen LogP contribution >= 0.6 is 0 Å². The van der Waals surface area contributed by atoms with Gasteiger partial charge in [0.2, 0.25) is 0 Å². The summed E-state index contributed by atoms with van der Waals surface area (Å²) in [7, 11) is 0. The lowest BCUT2D eigenvalue weighted by molar-refractivity contribution is 0.0240. The van der Waals surface area contributed by atoms with Crippen LogP contribution < -0.4 is 10.2 Å². The molecule has 1 aliphatic carbocycles. The molecular weight excluding hydrogens is 510 g/mol. The van der Waals surface area contributed by atoms with Crippen LogP contribution in [0.2, 0.25) is 0 Å². The molecule has 3 aromatic rings. The number of nitrogens with one attached hydrogen (secondary N) is 1. The quantitative estimate of drug-likeness (QED) is 0.419. The summed E-state index contributed by atoms with van der Waals surface area (Å²) in [6.07, 6.45) is -1.08. The van der Waals surface area contributed by atoms with Crippen molar-refractivity contribution in [2.45, 2.75) is 32.3 Å². The Morgan fingerprint density at radius 2 is 1.50 bits per heavy atom. The second kappa shape index (κ2) is 10.9. The van der Waals surface area contributed by atoms with Gasteiger partial charge in [-0.2, -0.15) is 0 Å². The van der Waals surface area contributed by atoms with Crippen molar-refractivity contribution in [3.63, 3.8) is 0 Å². The number of ether oxygens (including phenoxy) is 2. The molecule has 0 atom stereocenters. The molecule has 40 heavy (non-hydrogen) atoms. The zero-order chi connectivity index (χ0) is 28.4. The Morgan fingerprint density at radius 3 is 2.08 bits per heavy atom. The van der Waals surface area contributed by atoms with Gasteiger partial charge >= 0.3 is 18.2 Å². The topological polar surface area (TPSA) is 108 Å². The van der Waals surface area contributed by atoms with Crippen molar-refractivity contribution < 1.29 is 29.0 Å². The fourth-order valence-electron chi connectivity index (χ4n) is 5.24. The molecule has 0 bridgehead atoms. The fraction of sp³-hybridized carbons (Fsp3) is 0.323. The highest BCUT2D eigenvalue weighted by Gasteiger charge is 2.30. The summed E-state index contributed by atoms with van der Waals surface area (Å²) in [5.74, 6) is -1.26. The first-order valence-corrected chi connectivity index (χ1v) is 13.3. The van der Waals surface area contributed by atoms with Crippen LogP contribution in [0.25, 0.3) is 11.1 Å². The van der Waals surface area contributed by atoms with E-state index in [9.17, 15) is 19.5 Å². The molecule has 9 heteroatoms. The summed E-state index contributed by atoms with van der Waals surface area (Å²) in [5, 5.41) is 12.4. The van der Waals surface area contributed by atoms with Crippen molar-refractivity contribution in [1.82, 2.24) is 4.90 Å². The van der Waals surface area contributed by atoms with Gasteiger partial charge in [0.15, 0.2) is 0 Å². The van der Waals surface area contributed by atoms with E-state index in [-0.39, 0.29) is 29.9 Å². The molecule has 0 unspecified atom stereocenters. The second-order valence-electron chi connectivity index (χ2n) is 10.9. The van der Waals surface area contributed by atoms with Crippen molar-refractivity contribution >= 4 is 29.5 Å². The highest BCUT2D eigenvalue weighted by atomic mass is 16.6. The summed E-state index contributed by atoms with van der Waals surface area (Å²) >= 11 is 0. The number of anilines is 2. The van der Waals surface area contributed by atoms with Crippen molar-refractivity contribution in [2.24, 2.45) is 0 Å². The van der Waals surface area contributed by atoms with Crippen molar-refractivity contribution in [2.75, 3.05) is 43.0 Å². The summed E-state index contributed by atoms with van der Waals surface area (Å²) in [5.41, 5.74) is 4.72. The van der Waals surface area contributed by atoms with Crippen LogP contribution in [0.3, 0.4) is 0 Å². The average Bonchev–Trinajstić information content (AvgIpc) is 3.24. The molecule has 3 aromatic carbocycles. The number of carboxylic acid groups (broad SMARTS) is 1. The molecule has 1 fully saturated rings. The van der Waals surface area contributed by atoms with E-state index in [1.165, 1.54) is 6.07 Å². The van der Waals surface area contributed by atoms with Crippen molar-refractivity contribution in [1.29, 1.82) is 0 Å². The minimum Gasteiger partial charge on any atom is -0.478 e. The van der Waals surface area contributed by atoms with E-state index in [1.807, 2.05) is 62.1 Å². The van der Waals surface area contributed by atoms with Gasteiger partial charge in [0.25, 0.3) is 0 Å². The number of hydrogen-bond donors (Lipinski definition) is 2. The fourth-order valence-corrected chi connectivity index (χ4v) is 5.24. The van der Waals surface area contributed by atoms with Gasteiger partial charge in [-0.15, -0.1) is 0 Å². The van der Waals surface area contributed by atoms with Crippen LogP contribution in [0, 0.1) is 0 Å². The molecule has 1 saturated heterocycles. The van der Waals surface area contributed by atoms with Crippen molar-refractivity contribution in [3.8, 4) is 11.1 Å². The molecule has 9 nitrogen and oxygen atoms in total. The number of carbonyl (C=O) groups excluding carboxylic acids is 2. The van der Waals surface area contributed by atoms with Gasteiger partial charge in [0, 0.05) is 37.8 Å². The maximum Gasteiger partial charge on any atom is 0.411 e.